The normalized spacial score (nSPS) is 11.2. The largest absolute Gasteiger partial charge is 0.311 e. The molecule has 0 atom stereocenters. The molecule has 9 rings (SSSR count). The molecule has 0 aliphatic rings. The third-order valence-electron chi connectivity index (χ3n) is 9.96. The number of nitriles is 1. The molecule has 0 saturated carbocycles. The number of hydrogen-bond donors (Lipinski definition) is 0. The number of halogens is 1. The van der Waals surface area contributed by atoms with Gasteiger partial charge in [0, 0.05) is 17.1 Å². The average molecular weight is 667 g/mol. The Hall–Kier alpha value is -7.02. The van der Waals surface area contributed by atoms with Gasteiger partial charge in [-0.3, -0.25) is 0 Å². The van der Waals surface area contributed by atoms with Gasteiger partial charge in [0.05, 0.1) is 11.6 Å². The Balaban J connectivity index is 1.12. The number of nitrogens with zero attached hydrogens (tertiary/aromatic N) is 2. The number of anilines is 3. The van der Waals surface area contributed by atoms with Gasteiger partial charge in [0.25, 0.3) is 0 Å². The van der Waals surface area contributed by atoms with Crippen molar-refractivity contribution in [3.8, 4) is 39.4 Å². The Morgan fingerprint density at radius 3 is 1.37 bits per heavy atom. The molecule has 9 aromatic carbocycles. The number of rotatable bonds is 6. The van der Waals surface area contributed by atoms with Gasteiger partial charge in [-0.1, -0.05) is 127 Å². The topological polar surface area (TPSA) is 27.0 Å². The van der Waals surface area contributed by atoms with Crippen LogP contribution in [0.25, 0.3) is 65.7 Å². The van der Waals surface area contributed by atoms with Crippen LogP contribution in [0.5, 0.6) is 0 Å². The lowest BCUT2D eigenvalue weighted by Crippen LogP contribution is -2.09. The molecule has 0 aromatic heterocycles. The minimum absolute atomic E-state index is 0.288. The van der Waals surface area contributed by atoms with Crippen LogP contribution in [0.3, 0.4) is 0 Å². The van der Waals surface area contributed by atoms with Crippen molar-refractivity contribution in [3.05, 3.63) is 199 Å². The van der Waals surface area contributed by atoms with Gasteiger partial charge >= 0.3 is 0 Å². The van der Waals surface area contributed by atoms with Crippen molar-refractivity contribution in [2.24, 2.45) is 0 Å². The maximum Gasteiger partial charge on any atom is 0.123 e. The predicted molar refractivity (Wildman–Crippen MR) is 215 cm³/mol. The molecule has 0 saturated heterocycles. The van der Waals surface area contributed by atoms with Crippen LogP contribution in [-0.4, -0.2) is 0 Å². The van der Waals surface area contributed by atoms with Gasteiger partial charge in [0.2, 0.25) is 0 Å². The molecule has 0 amide bonds. The zero-order valence-corrected chi connectivity index (χ0v) is 28.2. The minimum atomic E-state index is -0.288. The fourth-order valence-electron chi connectivity index (χ4n) is 7.53. The fraction of sp³-hybridized carbons (Fsp3) is 0. The van der Waals surface area contributed by atoms with Crippen LogP contribution >= 0.6 is 0 Å². The van der Waals surface area contributed by atoms with E-state index in [-0.39, 0.29) is 5.82 Å². The first-order valence-electron chi connectivity index (χ1n) is 17.3. The van der Waals surface area contributed by atoms with E-state index in [9.17, 15) is 9.65 Å². The lowest BCUT2D eigenvalue weighted by atomic mass is 9.84. The van der Waals surface area contributed by atoms with E-state index in [1.165, 1.54) is 66.7 Å². The van der Waals surface area contributed by atoms with Crippen molar-refractivity contribution in [1.29, 1.82) is 5.26 Å². The summed E-state index contributed by atoms with van der Waals surface area (Å²) in [5, 5.41) is 16.7. The summed E-state index contributed by atoms with van der Waals surface area (Å²) in [6.45, 7) is 0. The molecule has 9 aromatic rings. The van der Waals surface area contributed by atoms with E-state index in [1.54, 1.807) is 24.3 Å². The summed E-state index contributed by atoms with van der Waals surface area (Å²) in [6, 6.07) is 66.1. The molecule has 3 heteroatoms. The zero-order chi connectivity index (χ0) is 35.0. The lowest BCUT2D eigenvalue weighted by Gasteiger charge is -2.25. The van der Waals surface area contributed by atoms with Crippen molar-refractivity contribution < 1.29 is 4.39 Å². The SMILES string of the molecule is N#Cc1ccc(N(c2ccc(F)cc2)c2ccc(-c3ccc(-c4c5ccccc5c(-c5cccc6ccccc56)c5ccccc45)cc3)cc2)cc1. The maximum atomic E-state index is 13.9. The fourth-order valence-corrected chi connectivity index (χ4v) is 7.53. The summed E-state index contributed by atoms with van der Waals surface area (Å²) in [5.74, 6) is -0.288. The van der Waals surface area contributed by atoms with Crippen LogP contribution in [0.2, 0.25) is 0 Å². The summed E-state index contributed by atoms with van der Waals surface area (Å²) >= 11 is 0. The molecule has 0 radical (unpaired) electrons. The van der Waals surface area contributed by atoms with Crippen molar-refractivity contribution in [2.45, 2.75) is 0 Å². The summed E-state index contributed by atoms with van der Waals surface area (Å²) in [6.07, 6.45) is 0. The molecule has 0 bridgehead atoms. The minimum Gasteiger partial charge on any atom is -0.311 e. The summed E-state index contributed by atoms with van der Waals surface area (Å²) in [5.41, 5.74) is 10.3. The second-order valence-electron chi connectivity index (χ2n) is 13.0. The van der Waals surface area contributed by atoms with Gasteiger partial charge in [0.1, 0.15) is 5.82 Å². The summed E-state index contributed by atoms with van der Waals surface area (Å²) in [4.78, 5) is 2.06. The first-order chi connectivity index (χ1) is 25.7. The molecular formula is C49H31FN2. The second kappa shape index (κ2) is 13.0. The first kappa shape index (κ1) is 31.0. The quantitative estimate of drug-likeness (QED) is 0.165. The highest BCUT2D eigenvalue weighted by Gasteiger charge is 2.18. The molecule has 52 heavy (non-hydrogen) atoms. The van der Waals surface area contributed by atoms with Gasteiger partial charge in [-0.25, -0.2) is 4.39 Å². The van der Waals surface area contributed by atoms with Crippen LogP contribution in [-0.2, 0) is 0 Å². The lowest BCUT2D eigenvalue weighted by molar-refractivity contribution is 0.628. The third-order valence-corrected chi connectivity index (χ3v) is 9.96. The molecule has 0 fully saturated rings. The molecular weight excluding hydrogens is 636 g/mol. The Bertz CT molecular complexity index is 2720. The Kier molecular flexibility index (Phi) is 7.76. The second-order valence-corrected chi connectivity index (χ2v) is 13.0. The van der Waals surface area contributed by atoms with E-state index in [1.807, 2.05) is 12.1 Å². The number of hydrogen-bond acceptors (Lipinski definition) is 2. The van der Waals surface area contributed by atoms with Crippen molar-refractivity contribution >= 4 is 49.4 Å². The van der Waals surface area contributed by atoms with E-state index < -0.39 is 0 Å². The molecule has 0 N–H and O–H groups in total. The van der Waals surface area contributed by atoms with Crippen LogP contribution in [0.15, 0.2) is 188 Å². The van der Waals surface area contributed by atoms with E-state index in [2.05, 4.69) is 150 Å². The Morgan fingerprint density at radius 2 is 0.808 bits per heavy atom. The van der Waals surface area contributed by atoms with Gasteiger partial charge < -0.3 is 4.90 Å². The number of fused-ring (bicyclic) bond motifs is 3. The van der Waals surface area contributed by atoms with Gasteiger partial charge in [0.15, 0.2) is 0 Å². The van der Waals surface area contributed by atoms with Crippen molar-refractivity contribution in [1.82, 2.24) is 0 Å². The molecule has 0 unspecified atom stereocenters. The predicted octanol–water partition coefficient (Wildman–Crippen LogP) is 13.6. The molecule has 0 spiro atoms. The van der Waals surface area contributed by atoms with Crippen LogP contribution in [0.4, 0.5) is 21.5 Å². The van der Waals surface area contributed by atoms with E-state index in [4.69, 9.17) is 0 Å². The number of benzene rings is 9. The molecule has 0 aliphatic heterocycles. The van der Waals surface area contributed by atoms with Gasteiger partial charge in [-0.15, -0.1) is 0 Å². The van der Waals surface area contributed by atoms with E-state index in [0.717, 1.165) is 28.2 Å². The molecule has 2 nitrogen and oxygen atoms in total. The van der Waals surface area contributed by atoms with Crippen LogP contribution < -0.4 is 4.90 Å². The van der Waals surface area contributed by atoms with Gasteiger partial charge in [-0.05, 0) is 126 Å². The first-order valence-corrected chi connectivity index (χ1v) is 17.3. The van der Waals surface area contributed by atoms with E-state index in [0.29, 0.717) is 5.56 Å². The zero-order valence-electron chi connectivity index (χ0n) is 28.2. The smallest absolute Gasteiger partial charge is 0.123 e. The molecule has 244 valence electrons. The van der Waals surface area contributed by atoms with E-state index >= 15 is 0 Å². The highest BCUT2D eigenvalue weighted by atomic mass is 19.1. The molecule has 0 heterocycles. The maximum absolute atomic E-state index is 13.9. The van der Waals surface area contributed by atoms with Crippen LogP contribution in [0.1, 0.15) is 5.56 Å². The van der Waals surface area contributed by atoms with Crippen molar-refractivity contribution in [3.63, 3.8) is 0 Å². The standard InChI is InChI=1S/C49H31FN2/c50-38-24-30-41(31-25-38)52(39-26-16-33(32-51)17-27-39)40-28-22-35(23-29-40)34-18-20-37(21-19-34)48-44-11-3-5-13-46(44)49(47-14-6-4-12-45(47)48)43-15-7-9-36-8-1-2-10-42(36)43/h1-31H. The Labute approximate surface area is 301 Å². The Morgan fingerprint density at radius 1 is 0.385 bits per heavy atom. The van der Waals surface area contributed by atoms with Crippen molar-refractivity contribution in [2.75, 3.05) is 4.90 Å². The summed E-state index contributed by atoms with van der Waals surface area (Å²) in [7, 11) is 0. The third kappa shape index (κ3) is 5.44. The van der Waals surface area contributed by atoms with Gasteiger partial charge in [-0.2, -0.15) is 5.26 Å². The highest BCUT2D eigenvalue weighted by molar-refractivity contribution is 6.23. The molecule has 0 aliphatic carbocycles. The average Bonchev–Trinajstić information content (AvgIpc) is 3.21. The summed E-state index contributed by atoms with van der Waals surface area (Å²) < 4.78 is 13.9. The monoisotopic (exact) mass is 666 g/mol. The van der Waals surface area contributed by atoms with Crippen LogP contribution in [0, 0.1) is 17.1 Å². The highest BCUT2D eigenvalue weighted by Crippen LogP contribution is 2.45.